The number of rotatable bonds is 5. The molecule has 7 nitrogen and oxygen atoms in total. The molecule has 0 aromatic carbocycles. The number of aliphatic hydroxyl groups excluding tert-OH is 1. The topological polar surface area (TPSA) is 100 Å². The van der Waals surface area contributed by atoms with Crippen molar-refractivity contribution in [3.05, 3.63) is 34.1 Å². The monoisotopic (exact) mass is 282 g/mol. The molecule has 2 rings (SSSR count). The van der Waals surface area contributed by atoms with Crippen LogP contribution in [0, 0.1) is 6.92 Å². The third-order valence-corrected chi connectivity index (χ3v) is 3.06. The second-order valence-electron chi connectivity index (χ2n) is 3.87. The molecular weight excluding hydrogens is 268 g/mol. The summed E-state index contributed by atoms with van der Waals surface area (Å²) in [5.74, 6) is 0.858. The van der Waals surface area contributed by atoms with Crippen LogP contribution in [0.25, 0.3) is 0 Å². The number of aryl methyl sites for hydroxylation is 1. The lowest BCUT2D eigenvalue weighted by Crippen LogP contribution is -2.37. The lowest BCUT2D eigenvalue weighted by Gasteiger charge is -2.10. The van der Waals surface area contributed by atoms with Crippen molar-refractivity contribution in [2.45, 2.75) is 19.6 Å². The molecule has 2 aromatic heterocycles. The van der Waals surface area contributed by atoms with Gasteiger partial charge < -0.3 is 20.3 Å². The molecule has 2 heterocycles. The fourth-order valence-corrected chi connectivity index (χ4v) is 2.11. The predicted octanol–water partition coefficient (Wildman–Crippen LogP) is 0.972. The molecular formula is C11H14N4O3S. The molecule has 3 N–H and O–H groups in total. The van der Waals surface area contributed by atoms with E-state index in [0.29, 0.717) is 11.7 Å². The zero-order valence-corrected chi connectivity index (χ0v) is 11.1. The molecule has 0 radical (unpaired) electrons. The molecule has 0 aliphatic rings. The maximum atomic E-state index is 11.5. The highest BCUT2D eigenvalue weighted by Crippen LogP contribution is 2.14. The molecule has 0 saturated carbocycles. The number of aliphatic hydroxyl groups is 1. The summed E-state index contributed by atoms with van der Waals surface area (Å²) in [5.41, 5.74) is 0.791. The summed E-state index contributed by atoms with van der Waals surface area (Å²) in [5, 5.41) is 22.3. The third kappa shape index (κ3) is 4.04. The Hall–Kier alpha value is -1.93. The summed E-state index contributed by atoms with van der Waals surface area (Å²) in [6.07, 6.45) is -0.704. The Bertz CT molecular complexity index is 526. The summed E-state index contributed by atoms with van der Waals surface area (Å²) in [4.78, 5) is 15.4. The highest BCUT2D eigenvalue weighted by Gasteiger charge is 2.10. The quantitative estimate of drug-likeness (QED) is 0.758. The minimum Gasteiger partial charge on any atom is -0.387 e. The predicted molar refractivity (Wildman–Crippen MR) is 68.6 cm³/mol. The zero-order chi connectivity index (χ0) is 13.7. The fourth-order valence-electron chi connectivity index (χ4n) is 1.41. The van der Waals surface area contributed by atoms with E-state index in [9.17, 15) is 9.90 Å². The first kappa shape index (κ1) is 13.5. The van der Waals surface area contributed by atoms with Crippen LogP contribution in [0.15, 0.2) is 21.3 Å². The van der Waals surface area contributed by atoms with Gasteiger partial charge in [0.05, 0.1) is 12.6 Å². The first-order chi connectivity index (χ1) is 9.15. The summed E-state index contributed by atoms with van der Waals surface area (Å²) in [7, 11) is 0. The van der Waals surface area contributed by atoms with Crippen molar-refractivity contribution < 1.29 is 14.4 Å². The maximum absolute atomic E-state index is 11.5. The van der Waals surface area contributed by atoms with Crippen molar-refractivity contribution in [1.29, 1.82) is 0 Å². The van der Waals surface area contributed by atoms with Gasteiger partial charge in [0.1, 0.15) is 0 Å². The smallest absolute Gasteiger partial charge is 0.315 e. The van der Waals surface area contributed by atoms with Gasteiger partial charge in [-0.2, -0.15) is 16.3 Å². The Labute approximate surface area is 113 Å². The molecule has 0 fully saturated rings. The Morgan fingerprint density at radius 1 is 1.58 bits per heavy atom. The first-order valence-electron chi connectivity index (χ1n) is 5.66. The Balaban J connectivity index is 1.70. The molecule has 0 spiro atoms. The van der Waals surface area contributed by atoms with Crippen molar-refractivity contribution in [2.75, 3.05) is 6.54 Å². The number of nitrogens with one attached hydrogen (secondary N) is 2. The number of hydrogen-bond acceptors (Lipinski definition) is 6. The summed E-state index contributed by atoms with van der Waals surface area (Å²) < 4.78 is 4.77. The molecule has 0 aliphatic carbocycles. The van der Waals surface area contributed by atoms with Crippen LogP contribution in [0.1, 0.15) is 23.4 Å². The lowest BCUT2D eigenvalue weighted by molar-refractivity contribution is 0.173. The van der Waals surface area contributed by atoms with Crippen LogP contribution < -0.4 is 10.6 Å². The normalized spacial score (nSPS) is 12.1. The number of aromatic nitrogens is 2. The van der Waals surface area contributed by atoms with Crippen molar-refractivity contribution >= 4 is 17.4 Å². The SMILES string of the molecule is Cc1nc(CNC(=O)NCC(O)c2ccsc2)no1. The van der Waals surface area contributed by atoms with Crippen molar-refractivity contribution in [2.24, 2.45) is 0 Å². The largest absolute Gasteiger partial charge is 0.387 e. The number of carbonyl (C=O) groups is 1. The number of hydrogen-bond donors (Lipinski definition) is 3. The molecule has 2 amide bonds. The molecule has 2 aromatic rings. The van der Waals surface area contributed by atoms with Crippen LogP contribution in [0.4, 0.5) is 4.79 Å². The lowest BCUT2D eigenvalue weighted by atomic mass is 10.2. The minimum atomic E-state index is -0.704. The van der Waals surface area contributed by atoms with Crippen LogP contribution in [-0.2, 0) is 6.54 Å². The molecule has 1 unspecified atom stereocenters. The van der Waals surface area contributed by atoms with Crippen LogP contribution in [0.3, 0.4) is 0 Å². The van der Waals surface area contributed by atoms with Gasteiger partial charge in [-0.1, -0.05) is 5.16 Å². The first-order valence-corrected chi connectivity index (χ1v) is 6.60. The highest BCUT2D eigenvalue weighted by atomic mass is 32.1. The molecule has 19 heavy (non-hydrogen) atoms. The van der Waals surface area contributed by atoms with E-state index >= 15 is 0 Å². The van der Waals surface area contributed by atoms with Crippen molar-refractivity contribution in [3.8, 4) is 0 Å². The zero-order valence-electron chi connectivity index (χ0n) is 10.3. The molecule has 102 valence electrons. The van der Waals surface area contributed by atoms with Gasteiger partial charge in [-0.3, -0.25) is 0 Å². The van der Waals surface area contributed by atoms with Gasteiger partial charge in [-0.05, 0) is 22.4 Å². The van der Waals surface area contributed by atoms with Gasteiger partial charge in [-0.15, -0.1) is 0 Å². The molecule has 1 atom stereocenters. The number of thiophene rings is 1. The minimum absolute atomic E-state index is 0.147. The number of carbonyl (C=O) groups excluding carboxylic acids is 1. The summed E-state index contributed by atoms with van der Waals surface area (Å²) in [6, 6.07) is 1.42. The Kier molecular flexibility index (Phi) is 4.48. The van der Waals surface area contributed by atoms with Crippen LogP contribution in [0.5, 0.6) is 0 Å². The average molecular weight is 282 g/mol. The van der Waals surface area contributed by atoms with Gasteiger partial charge >= 0.3 is 6.03 Å². The Morgan fingerprint density at radius 3 is 3.05 bits per heavy atom. The van der Waals surface area contributed by atoms with E-state index in [2.05, 4.69) is 20.8 Å². The van der Waals surface area contributed by atoms with Gasteiger partial charge in [0.2, 0.25) is 5.89 Å². The number of amides is 2. The number of urea groups is 1. The van der Waals surface area contributed by atoms with E-state index in [0.717, 1.165) is 5.56 Å². The van der Waals surface area contributed by atoms with Crippen LogP contribution in [-0.4, -0.2) is 27.8 Å². The second-order valence-corrected chi connectivity index (χ2v) is 4.65. The standard InChI is InChI=1S/C11H14N4O3S/c1-7-14-10(15-18-7)5-13-11(17)12-4-9(16)8-2-3-19-6-8/h2-3,6,9,16H,4-5H2,1H3,(H2,12,13,17). The van der Waals surface area contributed by atoms with Gasteiger partial charge in [0.25, 0.3) is 0 Å². The van der Waals surface area contributed by atoms with Crippen molar-refractivity contribution in [3.63, 3.8) is 0 Å². The highest BCUT2D eigenvalue weighted by molar-refractivity contribution is 7.07. The van der Waals surface area contributed by atoms with E-state index in [-0.39, 0.29) is 13.1 Å². The van der Waals surface area contributed by atoms with E-state index in [4.69, 9.17) is 4.52 Å². The second kappa shape index (κ2) is 6.30. The van der Waals surface area contributed by atoms with E-state index in [1.165, 1.54) is 11.3 Å². The maximum Gasteiger partial charge on any atom is 0.315 e. The molecule has 0 bridgehead atoms. The number of nitrogens with zero attached hydrogens (tertiary/aromatic N) is 2. The molecule has 0 saturated heterocycles. The fraction of sp³-hybridized carbons (Fsp3) is 0.364. The van der Waals surface area contributed by atoms with Crippen LogP contribution >= 0.6 is 11.3 Å². The Morgan fingerprint density at radius 2 is 2.42 bits per heavy atom. The molecule has 8 heteroatoms. The van der Waals surface area contributed by atoms with Crippen LogP contribution in [0.2, 0.25) is 0 Å². The van der Waals surface area contributed by atoms with Crippen molar-refractivity contribution in [1.82, 2.24) is 20.8 Å². The van der Waals surface area contributed by atoms with Gasteiger partial charge in [-0.25, -0.2) is 4.79 Å². The third-order valence-electron chi connectivity index (χ3n) is 2.36. The van der Waals surface area contributed by atoms with E-state index < -0.39 is 12.1 Å². The van der Waals surface area contributed by atoms with E-state index in [1.54, 1.807) is 6.92 Å². The van der Waals surface area contributed by atoms with Gasteiger partial charge in [0.15, 0.2) is 5.82 Å². The average Bonchev–Trinajstić information content (AvgIpc) is 3.04. The van der Waals surface area contributed by atoms with E-state index in [1.807, 2.05) is 16.8 Å². The summed E-state index contributed by atoms with van der Waals surface area (Å²) >= 11 is 1.50. The summed E-state index contributed by atoms with van der Waals surface area (Å²) in [6.45, 7) is 2.00. The van der Waals surface area contributed by atoms with Gasteiger partial charge in [0, 0.05) is 13.5 Å². The molecule has 0 aliphatic heterocycles.